The Kier molecular flexibility index (Phi) is 4.92. The van der Waals surface area contributed by atoms with Crippen LogP contribution in [0.2, 0.25) is 5.02 Å². The lowest BCUT2D eigenvalue weighted by Gasteiger charge is -2.37. The van der Waals surface area contributed by atoms with Gasteiger partial charge < -0.3 is 9.80 Å². The molecule has 1 fully saturated rings. The van der Waals surface area contributed by atoms with E-state index in [0.29, 0.717) is 0 Å². The summed E-state index contributed by atoms with van der Waals surface area (Å²) < 4.78 is 0. The maximum atomic E-state index is 12.2. The SMILES string of the molecule is CC[C@@H](C)C(=O)N1CCN(c2cc(Cl)ccc2C)CC1. The largest absolute Gasteiger partial charge is 0.368 e. The highest BCUT2D eigenvalue weighted by Gasteiger charge is 2.24. The molecule has 1 aromatic rings. The summed E-state index contributed by atoms with van der Waals surface area (Å²) >= 11 is 6.08. The summed E-state index contributed by atoms with van der Waals surface area (Å²) in [6.45, 7) is 9.53. The molecule has 4 heteroatoms. The number of aryl methyl sites for hydroxylation is 1. The third kappa shape index (κ3) is 3.26. The smallest absolute Gasteiger partial charge is 0.225 e. The van der Waals surface area contributed by atoms with E-state index >= 15 is 0 Å². The Hall–Kier alpha value is -1.22. The molecule has 1 amide bonds. The summed E-state index contributed by atoms with van der Waals surface area (Å²) in [6.07, 6.45) is 0.909. The molecule has 0 bridgehead atoms. The van der Waals surface area contributed by atoms with Crippen LogP contribution in [-0.2, 0) is 4.79 Å². The monoisotopic (exact) mass is 294 g/mol. The molecule has 0 radical (unpaired) electrons. The molecule has 0 saturated carbocycles. The first-order valence-electron chi connectivity index (χ1n) is 7.32. The van der Waals surface area contributed by atoms with Gasteiger partial charge in [0.25, 0.3) is 0 Å². The molecular formula is C16H23ClN2O. The zero-order chi connectivity index (χ0) is 14.7. The first-order chi connectivity index (χ1) is 9.52. The molecule has 1 aliphatic rings. The van der Waals surface area contributed by atoms with Gasteiger partial charge >= 0.3 is 0 Å². The third-order valence-corrected chi connectivity index (χ3v) is 4.37. The maximum Gasteiger partial charge on any atom is 0.225 e. The Morgan fingerprint density at radius 2 is 1.95 bits per heavy atom. The Bertz CT molecular complexity index is 481. The van der Waals surface area contributed by atoms with Crippen LogP contribution in [0, 0.1) is 12.8 Å². The molecule has 0 aromatic heterocycles. The summed E-state index contributed by atoms with van der Waals surface area (Å²) in [6, 6.07) is 5.99. The molecule has 0 spiro atoms. The van der Waals surface area contributed by atoms with Crippen molar-refractivity contribution in [1.82, 2.24) is 4.90 Å². The molecule has 1 aliphatic heterocycles. The van der Waals surface area contributed by atoms with Gasteiger partial charge in [-0.1, -0.05) is 31.5 Å². The van der Waals surface area contributed by atoms with Crippen molar-refractivity contribution in [3.05, 3.63) is 28.8 Å². The average molecular weight is 295 g/mol. The molecule has 0 aliphatic carbocycles. The molecule has 0 unspecified atom stereocenters. The lowest BCUT2D eigenvalue weighted by Crippen LogP contribution is -2.50. The number of carbonyl (C=O) groups is 1. The van der Waals surface area contributed by atoms with Crippen molar-refractivity contribution in [2.24, 2.45) is 5.92 Å². The van der Waals surface area contributed by atoms with Gasteiger partial charge in [-0.25, -0.2) is 0 Å². The highest BCUT2D eigenvalue weighted by Crippen LogP contribution is 2.25. The minimum atomic E-state index is 0.134. The normalized spacial score (nSPS) is 17.2. The van der Waals surface area contributed by atoms with E-state index < -0.39 is 0 Å². The first-order valence-corrected chi connectivity index (χ1v) is 7.70. The van der Waals surface area contributed by atoms with Crippen LogP contribution in [0.5, 0.6) is 0 Å². The molecule has 1 saturated heterocycles. The van der Waals surface area contributed by atoms with Crippen molar-refractivity contribution in [2.45, 2.75) is 27.2 Å². The van der Waals surface area contributed by atoms with E-state index in [1.807, 2.05) is 30.0 Å². The van der Waals surface area contributed by atoms with Crippen molar-refractivity contribution in [1.29, 1.82) is 0 Å². The number of hydrogen-bond acceptors (Lipinski definition) is 2. The fourth-order valence-electron chi connectivity index (χ4n) is 2.58. The number of carbonyl (C=O) groups excluding carboxylic acids is 1. The van der Waals surface area contributed by atoms with Crippen LogP contribution in [0.4, 0.5) is 5.69 Å². The van der Waals surface area contributed by atoms with Gasteiger partial charge in [-0.3, -0.25) is 4.79 Å². The number of amides is 1. The summed E-state index contributed by atoms with van der Waals surface area (Å²) in [4.78, 5) is 16.5. The Balaban J connectivity index is 2.01. The van der Waals surface area contributed by atoms with Crippen molar-refractivity contribution >= 4 is 23.2 Å². The second kappa shape index (κ2) is 6.49. The fourth-order valence-corrected chi connectivity index (χ4v) is 2.74. The lowest BCUT2D eigenvalue weighted by molar-refractivity contribution is -0.135. The van der Waals surface area contributed by atoms with Crippen molar-refractivity contribution in [3.63, 3.8) is 0 Å². The molecule has 110 valence electrons. The standard InChI is InChI=1S/C16H23ClN2O/c1-4-12(2)16(20)19-9-7-18(8-10-19)15-11-14(17)6-5-13(15)3/h5-6,11-12H,4,7-10H2,1-3H3/t12-/m1/s1. The Labute approximate surface area is 126 Å². The van der Waals surface area contributed by atoms with Gasteiger partial charge in [0.05, 0.1) is 0 Å². The Morgan fingerprint density at radius 1 is 1.30 bits per heavy atom. The molecule has 3 nitrogen and oxygen atoms in total. The van der Waals surface area contributed by atoms with Gasteiger partial charge in [0, 0.05) is 42.8 Å². The molecule has 1 atom stereocenters. The van der Waals surface area contributed by atoms with Crippen LogP contribution < -0.4 is 4.90 Å². The molecule has 0 N–H and O–H groups in total. The predicted octanol–water partition coefficient (Wildman–Crippen LogP) is 3.34. The van der Waals surface area contributed by atoms with E-state index in [1.54, 1.807) is 0 Å². The summed E-state index contributed by atoms with van der Waals surface area (Å²) in [5.74, 6) is 0.421. The highest BCUT2D eigenvalue weighted by atomic mass is 35.5. The van der Waals surface area contributed by atoms with Gasteiger partial charge in [-0.05, 0) is 31.0 Å². The lowest BCUT2D eigenvalue weighted by atomic mass is 10.1. The number of halogens is 1. The van der Waals surface area contributed by atoms with Gasteiger partial charge in [0.2, 0.25) is 5.91 Å². The van der Waals surface area contributed by atoms with E-state index in [4.69, 9.17) is 11.6 Å². The number of rotatable bonds is 3. The van der Waals surface area contributed by atoms with Crippen molar-refractivity contribution in [3.8, 4) is 0 Å². The number of benzene rings is 1. The van der Waals surface area contributed by atoms with Gasteiger partial charge in [0.15, 0.2) is 0 Å². The quantitative estimate of drug-likeness (QED) is 0.853. The third-order valence-electron chi connectivity index (χ3n) is 4.14. The van der Waals surface area contributed by atoms with Gasteiger partial charge in [-0.15, -0.1) is 0 Å². The van der Waals surface area contributed by atoms with Crippen molar-refractivity contribution in [2.75, 3.05) is 31.1 Å². The van der Waals surface area contributed by atoms with E-state index in [2.05, 4.69) is 18.7 Å². The molecular weight excluding hydrogens is 272 g/mol. The van der Waals surface area contributed by atoms with Gasteiger partial charge in [0.1, 0.15) is 0 Å². The first kappa shape index (κ1) is 15.2. The molecule has 2 rings (SSSR count). The number of nitrogens with zero attached hydrogens (tertiary/aromatic N) is 2. The Morgan fingerprint density at radius 3 is 2.55 bits per heavy atom. The zero-order valence-corrected chi connectivity index (χ0v) is 13.3. The van der Waals surface area contributed by atoms with Crippen LogP contribution in [0.25, 0.3) is 0 Å². The zero-order valence-electron chi connectivity index (χ0n) is 12.5. The minimum Gasteiger partial charge on any atom is -0.368 e. The van der Waals surface area contributed by atoms with E-state index in [-0.39, 0.29) is 11.8 Å². The second-order valence-electron chi connectivity index (χ2n) is 5.55. The van der Waals surface area contributed by atoms with Gasteiger partial charge in [-0.2, -0.15) is 0 Å². The summed E-state index contributed by atoms with van der Waals surface area (Å²) in [7, 11) is 0. The molecule has 1 aromatic carbocycles. The number of anilines is 1. The second-order valence-corrected chi connectivity index (χ2v) is 5.99. The van der Waals surface area contributed by atoms with E-state index in [0.717, 1.165) is 37.6 Å². The number of hydrogen-bond donors (Lipinski definition) is 0. The van der Waals surface area contributed by atoms with Crippen LogP contribution >= 0.6 is 11.6 Å². The summed E-state index contributed by atoms with van der Waals surface area (Å²) in [5, 5.41) is 0.767. The topological polar surface area (TPSA) is 23.6 Å². The molecule has 1 heterocycles. The predicted molar refractivity (Wildman–Crippen MR) is 84.4 cm³/mol. The highest BCUT2D eigenvalue weighted by molar-refractivity contribution is 6.30. The fraction of sp³-hybridized carbons (Fsp3) is 0.562. The van der Waals surface area contributed by atoms with Crippen LogP contribution in [0.1, 0.15) is 25.8 Å². The van der Waals surface area contributed by atoms with E-state index in [1.165, 1.54) is 11.3 Å². The minimum absolute atomic E-state index is 0.134. The van der Waals surface area contributed by atoms with E-state index in [9.17, 15) is 4.79 Å². The molecule has 20 heavy (non-hydrogen) atoms. The number of piperazine rings is 1. The maximum absolute atomic E-state index is 12.2. The van der Waals surface area contributed by atoms with Crippen LogP contribution in [0.3, 0.4) is 0 Å². The average Bonchev–Trinajstić information content (AvgIpc) is 2.48. The summed E-state index contributed by atoms with van der Waals surface area (Å²) in [5.41, 5.74) is 2.42. The van der Waals surface area contributed by atoms with Crippen LogP contribution in [-0.4, -0.2) is 37.0 Å². The van der Waals surface area contributed by atoms with Crippen LogP contribution in [0.15, 0.2) is 18.2 Å². The van der Waals surface area contributed by atoms with Crippen molar-refractivity contribution < 1.29 is 4.79 Å².